The number of benzene rings is 1. The molecule has 0 radical (unpaired) electrons. The molecule has 2 aromatic rings. The molecule has 0 atom stereocenters. The Hall–Kier alpha value is -2.81. The minimum absolute atomic E-state index is 0.0392. The zero-order valence-electron chi connectivity index (χ0n) is 11.9. The van der Waals surface area contributed by atoms with Crippen molar-refractivity contribution in [1.29, 1.82) is 0 Å². The first-order valence-corrected chi connectivity index (χ1v) is 6.51. The van der Waals surface area contributed by atoms with Crippen molar-refractivity contribution in [2.45, 2.75) is 13.8 Å². The number of para-hydroxylation sites is 1. The lowest BCUT2D eigenvalue weighted by Gasteiger charge is -2.11. The van der Waals surface area contributed by atoms with Gasteiger partial charge in [-0.05, 0) is 18.1 Å². The largest absolute Gasteiger partial charge is 0.394 e. The fourth-order valence-electron chi connectivity index (χ4n) is 1.65. The molecule has 6 heteroatoms. The molecule has 1 aromatic heterocycles. The highest BCUT2D eigenvalue weighted by atomic mass is 16.7. The molecule has 108 valence electrons. The minimum atomic E-state index is -0.335. The van der Waals surface area contributed by atoms with Gasteiger partial charge in [-0.1, -0.05) is 31.9 Å². The van der Waals surface area contributed by atoms with Crippen LogP contribution < -0.4 is 15.8 Å². The van der Waals surface area contributed by atoms with Crippen molar-refractivity contribution < 1.29 is 4.84 Å². The summed E-state index contributed by atoms with van der Waals surface area (Å²) < 4.78 is 1.03. The second-order valence-electron chi connectivity index (χ2n) is 4.66. The molecule has 0 aliphatic carbocycles. The van der Waals surface area contributed by atoms with E-state index in [0.29, 0.717) is 10.9 Å². The van der Waals surface area contributed by atoms with Crippen LogP contribution in [0.5, 0.6) is 0 Å². The molecular weight excluding hydrogens is 268 g/mol. The number of nitrogens with zero attached hydrogens (tertiary/aromatic N) is 3. The fourth-order valence-corrected chi connectivity index (χ4v) is 1.65. The summed E-state index contributed by atoms with van der Waals surface area (Å²) in [4.78, 5) is 22.0. The standard InChI is InChI=1S/C15H16N4O2/c1-4-9-21-19-14(20)12-7-5-6-8-13(12)17-15(19)18-16-10-11(2)3/h1,5-8,10-11H,9H2,2-3H3,(H,17,18). The van der Waals surface area contributed by atoms with E-state index in [0.717, 1.165) is 4.73 Å². The zero-order chi connectivity index (χ0) is 15.2. The molecule has 0 saturated heterocycles. The van der Waals surface area contributed by atoms with Gasteiger partial charge in [0, 0.05) is 6.21 Å². The van der Waals surface area contributed by atoms with Crippen molar-refractivity contribution in [3.05, 3.63) is 34.6 Å². The van der Waals surface area contributed by atoms with Gasteiger partial charge in [0.05, 0.1) is 10.9 Å². The van der Waals surface area contributed by atoms with Crippen molar-refractivity contribution in [3.8, 4) is 12.3 Å². The number of hydrogen-bond acceptors (Lipinski definition) is 5. The second kappa shape index (κ2) is 6.57. The molecular formula is C15H16N4O2. The van der Waals surface area contributed by atoms with Gasteiger partial charge < -0.3 is 4.84 Å². The van der Waals surface area contributed by atoms with Gasteiger partial charge >= 0.3 is 0 Å². The van der Waals surface area contributed by atoms with Crippen LogP contribution in [0, 0.1) is 18.3 Å². The number of hydrazone groups is 1. The Labute approximate surface area is 122 Å². The molecule has 1 heterocycles. The first kappa shape index (κ1) is 14.6. The monoisotopic (exact) mass is 284 g/mol. The molecule has 0 aliphatic rings. The van der Waals surface area contributed by atoms with E-state index in [9.17, 15) is 4.79 Å². The highest BCUT2D eigenvalue weighted by Crippen LogP contribution is 2.10. The smallest absolute Gasteiger partial charge is 0.296 e. The Morgan fingerprint density at radius 1 is 1.52 bits per heavy atom. The van der Waals surface area contributed by atoms with Gasteiger partial charge in [0.25, 0.3) is 11.5 Å². The summed E-state index contributed by atoms with van der Waals surface area (Å²) in [5, 5.41) is 4.48. The Morgan fingerprint density at radius 2 is 2.29 bits per heavy atom. The highest BCUT2D eigenvalue weighted by molar-refractivity contribution is 5.78. The average molecular weight is 284 g/mol. The second-order valence-corrected chi connectivity index (χ2v) is 4.66. The molecule has 21 heavy (non-hydrogen) atoms. The first-order valence-electron chi connectivity index (χ1n) is 6.51. The molecule has 0 amide bonds. The van der Waals surface area contributed by atoms with Crippen molar-refractivity contribution in [1.82, 2.24) is 9.71 Å². The number of anilines is 1. The van der Waals surface area contributed by atoms with Crippen LogP contribution in [0.3, 0.4) is 0 Å². The number of nitrogens with one attached hydrogen (secondary N) is 1. The van der Waals surface area contributed by atoms with E-state index in [1.165, 1.54) is 0 Å². The molecule has 0 spiro atoms. The first-order chi connectivity index (χ1) is 10.1. The van der Waals surface area contributed by atoms with E-state index in [2.05, 4.69) is 21.4 Å². The van der Waals surface area contributed by atoms with E-state index in [1.54, 1.807) is 24.4 Å². The Morgan fingerprint density at radius 3 is 3.00 bits per heavy atom. The molecule has 0 aliphatic heterocycles. The summed E-state index contributed by atoms with van der Waals surface area (Å²) in [5.74, 6) is 2.77. The van der Waals surface area contributed by atoms with E-state index >= 15 is 0 Å². The summed E-state index contributed by atoms with van der Waals surface area (Å²) in [6, 6.07) is 7.00. The molecule has 0 saturated carbocycles. The molecule has 0 bridgehead atoms. The molecule has 2 rings (SSSR count). The zero-order valence-corrected chi connectivity index (χ0v) is 11.9. The highest BCUT2D eigenvalue weighted by Gasteiger charge is 2.11. The van der Waals surface area contributed by atoms with Gasteiger partial charge in [0.2, 0.25) is 0 Å². The number of aromatic nitrogens is 2. The van der Waals surface area contributed by atoms with Crippen LogP contribution in [-0.4, -0.2) is 22.5 Å². The van der Waals surface area contributed by atoms with Crippen LogP contribution in [0.4, 0.5) is 5.95 Å². The number of terminal acetylenes is 1. The van der Waals surface area contributed by atoms with Crippen LogP contribution in [0.25, 0.3) is 10.9 Å². The predicted molar refractivity (Wildman–Crippen MR) is 83.2 cm³/mol. The summed E-state index contributed by atoms with van der Waals surface area (Å²) in [6.07, 6.45) is 6.87. The van der Waals surface area contributed by atoms with Gasteiger partial charge in [-0.15, -0.1) is 11.2 Å². The van der Waals surface area contributed by atoms with E-state index in [-0.39, 0.29) is 24.0 Å². The van der Waals surface area contributed by atoms with Gasteiger partial charge in [-0.25, -0.2) is 10.4 Å². The summed E-state index contributed by atoms with van der Waals surface area (Å²) in [6.45, 7) is 3.93. The SMILES string of the molecule is C#CCOn1c(NN=CC(C)C)nc2ccccc2c1=O. The molecule has 1 aromatic carbocycles. The van der Waals surface area contributed by atoms with Crippen molar-refractivity contribution in [3.63, 3.8) is 0 Å². The average Bonchev–Trinajstić information content (AvgIpc) is 2.46. The third-order valence-corrected chi connectivity index (χ3v) is 2.55. The Balaban J connectivity index is 2.50. The maximum Gasteiger partial charge on any atom is 0.296 e. The molecule has 0 unspecified atom stereocenters. The predicted octanol–water partition coefficient (Wildman–Crippen LogP) is 1.51. The minimum Gasteiger partial charge on any atom is -0.394 e. The van der Waals surface area contributed by atoms with E-state index < -0.39 is 0 Å². The number of hydrogen-bond donors (Lipinski definition) is 1. The Kier molecular flexibility index (Phi) is 4.57. The van der Waals surface area contributed by atoms with Crippen LogP contribution in [0.15, 0.2) is 34.2 Å². The van der Waals surface area contributed by atoms with Crippen molar-refractivity contribution in [2.75, 3.05) is 12.0 Å². The maximum absolute atomic E-state index is 12.4. The maximum atomic E-state index is 12.4. The Bertz CT molecular complexity index is 756. The summed E-state index contributed by atoms with van der Waals surface area (Å²) in [5.41, 5.74) is 2.94. The third kappa shape index (κ3) is 3.39. The summed E-state index contributed by atoms with van der Waals surface area (Å²) >= 11 is 0. The fraction of sp³-hybridized carbons (Fsp3) is 0.267. The number of rotatable bonds is 5. The number of fused-ring (bicyclic) bond motifs is 1. The topological polar surface area (TPSA) is 68.5 Å². The van der Waals surface area contributed by atoms with Crippen molar-refractivity contribution >= 4 is 23.1 Å². The van der Waals surface area contributed by atoms with Gasteiger partial charge in [0.1, 0.15) is 0 Å². The van der Waals surface area contributed by atoms with E-state index in [4.69, 9.17) is 11.3 Å². The van der Waals surface area contributed by atoms with Gasteiger partial charge in [-0.2, -0.15) is 5.10 Å². The van der Waals surface area contributed by atoms with Crippen LogP contribution in [0.1, 0.15) is 13.8 Å². The van der Waals surface area contributed by atoms with Crippen LogP contribution in [0.2, 0.25) is 0 Å². The quantitative estimate of drug-likeness (QED) is 0.513. The van der Waals surface area contributed by atoms with Crippen LogP contribution >= 0.6 is 0 Å². The van der Waals surface area contributed by atoms with Gasteiger partial charge in [-0.3, -0.25) is 4.79 Å². The molecule has 6 nitrogen and oxygen atoms in total. The normalized spacial score (nSPS) is 11.0. The summed E-state index contributed by atoms with van der Waals surface area (Å²) in [7, 11) is 0. The van der Waals surface area contributed by atoms with Crippen LogP contribution in [-0.2, 0) is 0 Å². The van der Waals surface area contributed by atoms with Gasteiger partial charge in [0.15, 0.2) is 6.61 Å². The molecule has 0 fully saturated rings. The lowest BCUT2D eigenvalue weighted by Crippen LogP contribution is -2.30. The third-order valence-electron chi connectivity index (χ3n) is 2.55. The lowest BCUT2D eigenvalue weighted by atomic mass is 10.2. The lowest BCUT2D eigenvalue weighted by molar-refractivity contribution is 0.134. The molecule has 1 N–H and O–H groups in total. The van der Waals surface area contributed by atoms with Crippen molar-refractivity contribution in [2.24, 2.45) is 11.0 Å². The van der Waals surface area contributed by atoms with E-state index in [1.807, 2.05) is 19.9 Å².